The number of Topliss-reactive ketones (excluding diaryl/α,β-unsaturated/α-hetero) is 1. The van der Waals surface area contributed by atoms with Gasteiger partial charge in [-0.2, -0.15) is 0 Å². The van der Waals surface area contributed by atoms with Gasteiger partial charge in [0.2, 0.25) is 10.0 Å². The lowest BCUT2D eigenvalue weighted by molar-refractivity contribution is -0.128. The minimum atomic E-state index is -3.47. The molecule has 0 amide bonds. The molecule has 160 valence electrons. The number of pyridine rings is 1. The summed E-state index contributed by atoms with van der Waals surface area (Å²) in [5.41, 5.74) is 1.92. The molecule has 3 fully saturated rings. The van der Waals surface area contributed by atoms with Crippen molar-refractivity contribution < 1.29 is 13.2 Å². The molecular formula is C24H30N2O3S. The maximum Gasteiger partial charge on any atom is 0.215 e. The van der Waals surface area contributed by atoms with Crippen LogP contribution in [0.25, 0.3) is 0 Å². The molecule has 30 heavy (non-hydrogen) atoms. The number of hydrogen-bond acceptors (Lipinski definition) is 4. The molecule has 0 aromatic carbocycles. The van der Waals surface area contributed by atoms with Gasteiger partial charge in [0.1, 0.15) is 11.5 Å². The van der Waals surface area contributed by atoms with E-state index >= 15 is 0 Å². The van der Waals surface area contributed by atoms with E-state index in [2.05, 4.69) is 30.7 Å². The van der Waals surface area contributed by atoms with Crippen LogP contribution in [0.2, 0.25) is 0 Å². The van der Waals surface area contributed by atoms with Gasteiger partial charge in [-0.25, -0.2) is 17.7 Å². The van der Waals surface area contributed by atoms with Gasteiger partial charge in [-0.3, -0.25) is 4.79 Å². The molecule has 6 heteroatoms. The van der Waals surface area contributed by atoms with Gasteiger partial charge in [-0.1, -0.05) is 31.4 Å². The molecule has 1 aromatic heterocycles. The maximum absolute atomic E-state index is 13.2. The van der Waals surface area contributed by atoms with E-state index in [1.54, 1.807) is 4.31 Å². The summed E-state index contributed by atoms with van der Waals surface area (Å²) in [6.07, 6.45) is 5.49. The highest BCUT2D eigenvalue weighted by molar-refractivity contribution is 7.89. The number of fused-ring (bicyclic) bond motifs is 2. The van der Waals surface area contributed by atoms with Crippen LogP contribution in [-0.4, -0.2) is 42.3 Å². The Kier molecular flexibility index (Phi) is 5.40. The van der Waals surface area contributed by atoms with Crippen LogP contribution >= 0.6 is 0 Å². The third-order valence-electron chi connectivity index (χ3n) is 7.69. The molecule has 0 spiro atoms. The minimum Gasteiger partial charge on any atom is -0.299 e. The molecule has 2 bridgehead atoms. The lowest BCUT2D eigenvalue weighted by atomic mass is 9.70. The summed E-state index contributed by atoms with van der Waals surface area (Å²) < 4.78 is 28.0. The Morgan fingerprint density at radius 2 is 2.00 bits per heavy atom. The van der Waals surface area contributed by atoms with E-state index in [-0.39, 0.29) is 17.0 Å². The zero-order valence-corrected chi connectivity index (χ0v) is 18.9. The number of aromatic nitrogens is 1. The van der Waals surface area contributed by atoms with E-state index in [9.17, 15) is 13.2 Å². The number of rotatable bonds is 3. The second-order valence-corrected chi connectivity index (χ2v) is 11.5. The number of piperidine rings is 1. The van der Waals surface area contributed by atoms with Crippen molar-refractivity contribution in [3.63, 3.8) is 0 Å². The third-order valence-corrected chi connectivity index (χ3v) is 9.70. The van der Waals surface area contributed by atoms with Crippen molar-refractivity contribution in [1.82, 2.24) is 9.29 Å². The van der Waals surface area contributed by atoms with Crippen molar-refractivity contribution in [2.45, 2.75) is 52.9 Å². The van der Waals surface area contributed by atoms with Crippen LogP contribution in [0.3, 0.4) is 0 Å². The van der Waals surface area contributed by atoms with Crippen LogP contribution in [0.15, 0.2) is 29.8 Å². The quantitative estimate of drug-likeness (QED) is 0.694. The van der Waals surface area contributed by atoms with Crippen molar-refractivity contribution >= 4 is 15.8 Å². The topological polar surface area (TPSA) is 67.3 Å². The second kappa shape index (κ2) is 7.62. The normalized spacial score (nSPS) is 28.3. The van der Waals surface area contributed by atoms with E-state index < -0.39 is 15.4 Å². The number of aryl methyl sites for hydroxylation is 1. The molecule has 3 aliphatic rings. The van der Waals surface area contributed by atoms with Gasteiger partial charge < -0.3 is 0 Å². The number of hydrogen-bond donors (Lipinski definition) is 0. The van der Waals surface area contributed by atoms with Crippen LogP contribution in [0.4, 0.5) is 0 Å². The largest absolute Gasteiger partial charge is 0.299 e. The number of allylic oxidation sites excluding steroid dienone is 1. The van der Waals surface area contributed by atoms with Crippen LogP contribution in [0, 0.1) is 35.5 Å². The van der Waals surface area contributed by atoms with Crippen molar-refractivity contribution in [2.75, 3.05) is 18.8 Å². The number of sulfonamides is 1. The van der Waals surface area contributed by atoms with E-state index in [4.69, 9.17) is 0 Å². The van der Waals surface area contributed by atoms with Crippen molar-refractivity contribution in [2.24, 2.45) is 16.7 Å². The average Bonchev–Trinajstić information content (AvgIpc) is 3.02. The molecule has 1 saturated heterocycles. The number of carbonyl (C=O) groups excluding carboxylic acids is 1. The molecule has 2 unspecified atom stereocenters. The second-order valence-electron chi connectivity index (χ2n) is 9.56. The molecular weight excluding hydrogens is 396 g/mol. The molecule has 4 rings (SSSR count). The number of ketones is 1. The first-order valence-corrected chi connectivity index (χ1v) is 12.4. The standard InChI is InChI=1S/C24H30N2O3S/c1-18-6-4-8-21(25-18)9-5-7-19-11-14-26(15-12-19)30(28,29)17-24-13-10-20(16-22(24)27)23(24,2)3/h4,6-8,20H,10-17H2,1-3H3. The molecule has 2 heterocycles. The van der Waals surface area contributed by atoms with E-state index in [1.165, 1.54) is 0 Å². The SMILES string of the molecule is Cc1cccc(C#CC=C2CCN(S(=O)(=O)CC34CCC(CC3=O)C4(C)C)CC2)n1. The molecule has 1 aliphatic heterocycles. The molecule has 2 aliphatic carbocycles. The summed E-state index contributed by atoms with van der Waals surface area (Å²) in [6, 6.07) is 5.75. The van der Waals surface area contributed by atoms with Gasteiger partial charge in [-0.05, 0) is 68.1 Å². The monoisotopic (exact) mass is 426 g/mol. The summed E-state index contributed by atoms with van der Waals surface area (Å²) in [6.45, 7) is 7.04. The average molecular weight is 427 g/mol. The highest BCUT2D eigenvalue weighted by Gasteiger charge is 2.65. The van der Waals surface area contributed by atoms with Gasteiger partial charge in [0.05, 0.1) is 5.75 Å². The van der Waals surface area contributed by atoms with E-state index in [0.717, 1.165) is 23.4 Å². The summed E-state index contributed by atoms with van der Waals surface area (Å²) in [7, 11) is -3.47. The number of nitrogens with zero attached hydrogens (tertiary/aromatic N) is 2. The molecule has 1 aromatic rings. The van der Waals surface area contributed by atoms with Gasteiger partial charge in [0.25, 0.3) is 0 Å². The third kappa shape index (κ3) is 3.63. The van der Waals surface area contributed by atoms with E-state index in [1.807, 2.05) is 31.2 Å². The fourth-order valence-electron chi connectivity index (χ4n) is 5.53. The predicted octanol–water partition coefficient (Wildman–Crippen LogP) is 3.49. The van der Waals surface area contributed by atoms with Crippen molar-refractivity contribution in [3.8, 4) is 11.8 Å². The molecule has 2 saturated carbocycles. The van der Waals surface area contributed by atoms with Crippen molar-refractivity contribution in [3.05, 3.63) is 41.2 Å². The Labute approximate surface area is 180 Å². The fraction of sp³-hybridized carbons (Fsp3) is 0.583. The predicted molar refractivity (Wildman–Crippen MR) is 117 cm³/mol. The summed E-state index contributed by atoms with van der Waals surface area (Å²) in [5.74, 6) is 6.57. The van der Waals surface area contributed by atoms with Gasteiger partial charge >= 0.3 is 0 Å². The zero-order valence-electron chi connectivity index (χ0n) is 18.1. The van der Waals surface area contributed by atoms with Gasteiger partial charge in [0.15, 0.2) is 0 Å². The fourth-order valence-corrected chi connectivity index (χ4v) is 7.75. The summed E-state index contributed by atoms with van der Waals surface area (Å²) in [5, 5.41) is 0. The molecule has 0 N–H and O–H groups in total. The highest BCUT2D eigenvalue weighted by atomic mass is 32.2. The van der Waals surface area contributed by atoms with Crippen LogP contribution in [-0.2, 0) is 14.8 Å². The zero-order chi connectivity index (χ0) is 21.6. The Balaban J connectivity index is 1.41. The lowest BCUT2D eigenvalue weighted by Gasteiger charge is -2.38. The molecule has 2 atom stereocenters. The number of carbonyl (C=O) groups is 1. The highest BCUT2D eigenvalue weighted by Crippen LogP contribution is 2.64. The van der Waals surface area contributed by atoms with Crippen LogP contribution in [0.5, 0.6) is 0 Å². The Hall–Kier alpha value is -1.97. The summed E-state index contributed by atoms with van der Waals surface area (Å²) >= 11 is 0. The summed E-state index contributed by atoms with van der Waals surface area (Å²) in [4.78, 5) is 17.1. The van der Waals surface area contributed by atoms with Gasteiger partial charge in [-0.15, -0.1) is 0 Å². The van der Waals surface area contributed by atoms with Crippen LogP contribution < -0.4 is 0 Å². The van der Waals surface area contributed by atoms with Crippen molar-refractivity contribution in [1.29, 1.82) is 0 Å². The molecule has 5 nitrogen and oxygen atoms in total. The molecule has 0 radical (unpaired) electrons. The Morgan fingerprint density at radius 3 is 2.60 bits per heavy atom. The lowest BCUT2D eigenvalue weighted by Crippen LogP contribution is -2.47. The first kappa shape index (κ1) is 21.3. The minimum absolute atomic E-state index is 0.0276. The van der Waals surface area contributed by atoms with Crippen LogP contribution in [0.1, 0.15) is 57.3 Å². The smallest absolute Gasteiger partial charge is 0.215 e. The van der Waals surface area contributed by atoms with Gasteiger partial charge in [0, 0.05) is 30.6 Å². The Bertz CT molecular complexity index is 1050. The van der Waals surface area contributed by atoms with E-state index in [0.29, 0.717) is 44.7 Å². The first-order chi connectivity index (χ1) is 14.1. The maximum atomic E-state index is 13.2. The first-order valence-electron chi connectivity index (χ1n) is 10.8. The Morgan fingerprint density at radius 1 is 1.27 bits per heavy atom.